The third kappa shape index (κ3) is 3.84. The molecule has 0 saturated heterocycles. The normalized spacial score (nSPS) is 17.0. The summed E-state index contributed by atoms with van der Waals surface area (Å²) < 4.78 is 1.74. The standard InChI is InChI=1S/C29H26N2O2S/c1-18-9-13-23(14-10-18)30-28(33)25-17-34-29-27(20-11-12-20)22(16-26(32)31(25)29)15-21-7-4-6-19-5-2-3-8-24(19)21/h2-10,13-14,16,20,25H,11-12,15,17H2,1H3,(H,30,33)/t25-/m0/s1. The van der Waals surface area contributed by atoms with E-state index in [0.29, 0.717) is 11.7 Å². The minimum Gasteiger partial charge on any atom is -0.324 e. The molecule has 5 heteroatoms. The number of thioether (sulfide) groups is 1. The highest BCUT2D eigenvalue weighted by Gasteiger charge is 2.37. The van der Waals surface area contributed by atoms with Crippen molar-refractivity contribution in [1.29, 1.82) is 0 Å². The molecule has 1 aliphatic carbocycles. The topological polar surface area (TPSA) is 51.1 Å². The number of carbonyl (C=O) groups is 1. The smallest absolute Gasteiger partial charge is 0.252 e. The van der Waals surface area contributed by atoms with Crippen molar-refractivity contribution in [2.45, 2.75) is 43.2 Å². The first kappa shape index (κ1) is 21.2. The van der Waals surface area contributed by atoms with Gasteiger partial charge in [0.1, 0.15) is 6.04 Å². The Morgan fingerprint density at radius 3 is 2.56 bits per heavy atom. The molecular formula is C29H26N2O2S. The molecule has 1 atom stereocenters. The number of nitrogens with one attached hydrogen (secondary N) is 1. The van der Waals surface area contributed by atoms with E-state index in [1.807, 2.05) is 31.2 Å². The zero-order valence-corrected chi connectivity index (χ0v) is 19.9. The van der Waals surface area contributed by atoms with Gasteiger partial charge in [0, 0.05) is 17.5 Å². The fraction of sp³-hybridized carbons (Fsp3) is 0.241. The SMILES string of the molecule is Cc1ccc(NC(=O)[C@@H]2CSc3c(C4CC4)c(Cc4cccc5ccccc45)cc(=O)n32)cc1. The number of aryl methyl sites for hydroxylation is 1. The van der Waals surface area contributed by atoms with E-state index in [-0.39, 0.29) is 11.5 Å². The number of amides is 1. The first-order valence-electron chi connectivity index (χ1n) is 11.8. The lowest BCUT2D eigenvalue weighted by molar-refractivity contribution is -0.118. The van der Waals surface area contributed by atoms with Gasteiger partial charge in [-0.1, -0.05) is 60.2 Å². The minimum absolute atomic E-state index is 0.0799. The van der Waals surface area contributed by atoms with Gasteiger partial charge in [0.25, 0.3) is 5.56 Å². The fourth-order valence-electron chi connectivity index (χ4n) is 5.00. The predicted octanol–water partition coefficient (Wildman–Crippen LogP) is 6.06. The van der Waals surface area contributed by atoms with Gasteiger partial charge in [0.05, 0.1) is 5.03 Å². The zero-order valence-electron chi connectivity index (χ0n) is 19.1. The molecule has 0 bridgehead atoms. The molecule has 6 rings (SSSR count). The van der Waals surface area contributed by atoms with Crippen LogP contribution in [0.2, 0.25) is 0 Å². The van der Waals surface area contributed by atoms with Crippen LogP contribution in [0, 0.1) is 6.92 Å². The number of nitrogens with zero attached hydrogens (tertiary/aromatic N) is 1. The number of hydrogen-bond donors (Lipinski definition) is 1. The number of carbonyl (C=O) groups excluding carboxylic acids is 1. The van der Waals surface area contributed by atoms with Crippen LogP contribution in [0.1, 0.15) is 47.1 Å². The molecule has 2 heterocycles. The maximum Gasteiger partial charge on any atom is 0.252 e. The number of fused-ring (bicyclic) bond motifs is 2. The second kappa shape index (κ2) is 8.48. The summed E-state index contributed by atoms with van der Waals surface area (Å²) in [6.07, 6.45) is 3.03. The lowest BCUT2D eigenvalue weighted by Crippen LogP contribution is -2.33. The van der Waals surface area contributed by atoms with Crippen LogP contribution in [0.4, 0.5) is 5.69 Å². The van der Waals surface area contributed by atoms with Crippen molar-refractivity contribution in [3.05, 3.63) is 105 Å². The van der Waals surface area contributed by atoms with Crippen LogP contribution >= 0.6 is 11.8 Å². The van der Waals surface area contributed by atoms with Crippen LogP contribution in [-0.4, -0.2) is 16.2 Å². The third-order valence-corrected chi connectivity index (χ3v) is 8.06. The van der Waals surface area contributed by atoms with Crippen molar-refractivity contribution >= 4 is 34.1 Å². The minimum atomic E-state index is -0.488. The van der Waals surface area contributed by atoms with E-state index < -0.39 is 6.04 Å². The van der Waals surface area contributed by atoms with E-state index in [9.17, 15) is 9.59 Å². The highest BCUT2D eigenvalue weighted by Crippen LogP contribution is 2.48. The summed E-state index contributed by atoms with van der Waals surface area (Å²) in [6.45, 7) is 2.02. The predicted molar refractivity (Wildman–Crippen MR) is 139 cm³/mol. The summed E-state index contributed by atoms with van der Waals surface area (Å²) in [7, 11) is 0. The molecule has 1 amide bonds. The summed E-state index contributed by atoms with van der Waals surface area (Å²) in [5.41, 5.74) is 5.45. The van der Waals surface area contributed by atoms with Crippen molar-refractivity contribution in [3.8, 4) is 0 Å². The summed E-state index contributed by atoms with van der Waals surface area (Å²) in [5.74, 6) is 0.948. The molecular weight excluding hydrogens is 440 g/mol. The fourth-order valence-corrected chi connectivity index (χ4v) is 6.43. The number of rotatable bonds is 5. The number of benzene rings is 3. The van der Waals surface area contributed by atoms with Crippen molar-refractivity contribution in [2.24, 2.45) is 0 Å². The Bertz CT molecular complexity index is 1460. The van der Waals surface area contributed by atoms with Gasteiger partial charge in [0.15, 0.2) is 0 Å². The van der Waals surface area contributed by atoms with Crippen LogP contribution in [0.3, 0.4) is 0 Å². The molecule has 1 fully saturated rings. The van der Waals surface area contributed by atoms with Crippen LogP contribution in [0.5, 0.6) is 0 Å². The molecule has 4 nitrogen and oxygen atoms in total. The second-order valence-electron chi connectivity index (χ2n) is 9.37. The molecule has 0 radical (unpaired) electrons. The molecule has 1 aliphatic heterocycles. The van der Waals surface area contributed by atoms with E-state index >= 15 is 0 Å². The maximum atomic E-state index is 13.4. The lowest BCUT2D eigenvalue weighted by atomic mass is 9.95. The Morgan fingerprint density at radius 1 is 1.00 bits per heavy atom. The monoisotopic (exact) mass is 466 g/mol. The van der Waals surface area contributed by atoms with Gasteiger partial charge in [-0.25, -0.2) is 0 Å². The molecule has 1 saturated carbocycles. The Kier molecular flexibility index (Phi) is 5.30. The van der Waals surface area contributed by atoms with Crippen molar-refractivity contribution in [3.63, 3.8) is 0 Å². The summed E-state index contributed by atoms with van der Waals surface area (Å²) in [5, 5.41) is 6.45. The average Bonchev–Trinajstić information content (AvgIpc) is 3.57. The highest BCUT2D eigenvalue weighted by atomic mass is 32.2. The molecule has 170 valence electrons. The van der Waals surface area contributed by atoms with E-state index in [1.165, 1.54) is 21.9 Å². The van der Waals surface area contributed by atoms with Gasteiger partial charge in [-0.2, -0.15) is 0 Å². The van der Waals surface area contributed by atoms with Crippen LogP contribution in [0.15, 0.2) is 82.6 Å². The van der Waals surface area contributed by atoms with Crippen molar-refractivity contribution in [1.82, 2.24) is 4.57 Å². The summed E-state index contributed by atoms with van der Waals surface area (Å²) in [6, 6.07) is 23.9. The van der Waals surface area contributed by atoms with Gasteiger partial charge in [-0.15, -0.1) is 11.8 Å². The van der Waals surface area contributed by atoms with Gasteiger partial charge >= 0.3 is 0 Å². The Balaban J connectivity index is 1.37. The van der Waals surface area contributed by atoms with Gasteiger partial charge in [-0.05, 0) is 71.7 Å². The third-order valence-electron chi connectivity index (χ3n) is 6.89. The lowest BCUT2D eigenvalue weighted by Gasteiger charge is -2.18. The van der Waals surface area contributed by atoms with Crippen LogP contribution < -0.4 is 10.9 Å². The second-order valence-corrected chi connectivity index (χ2v) is 10.4. The molecule has 1 N–H and O–H groups in total. The average molecular weight is 467 g/mol. The Labute approximate surface area is 203 Å². The Hall–Kier alpha value is -3.31. The number of aromatic nitrogens is 1. The van der Waals surface area contributed by atoms with Gasteiger partial charge in [0.2, 0.25) is 5.91 Å². The number of anilines is 1. The van der Waals surface area contributed by atoms with Crippen LogP contribution in [-0.2, 0) is 11.2 Å². The molecule has 4 aromatic rings. The number of pyridine rings is 1. The number of hydrogen-bond acceptors (Lipinski definition) is 3. The quantitative estimate of drug-likeness (QED) is 0.389. The first-order chi connectivity index (χ1) is 16.6. The molecule has 0 unspecified atom stereocenters. The highest BCUT2D eigenvalue weighted by molar-refractivity contribution is 7.99. The molecule has 2 aliphatic rings. The zero-order chi connectivity index (χ0) is 23.2. The molecule has 1 aromatic heterocycles. The van der Waals surface area contributed by atoms with E-state index in [2.05, 4.69) is 47.8 Å². The van der Waals surface area contributed by atoms with Crippen LogP contribution in [0.25, 0.3) is 10.8 Å². The van der Waals surface area contributed by atoms with E-state index in [1.54, 1.807) is 22.4 Å². The molecule has 0 spiro atoms. The van der Waals surface area contributed by atoms with Gasteiger partial charge in [-0.3, -0.25) is 14.2 Å². The maximum absolute atomic E-state index is 13.4. The summed E-state index contributed by atoms with van der Waals surface area (Å²) >= 11 is 1.66. The van der Waals surface area contributed by atoms with Crippen molar-refractivity contribution < 1.29 is 4.79 Å². The van der Waals surface area contributed by atoms with Gasteiger partial charge < -0.3 is 5.32 Å². The Morgan fingerprint density at radius 2 is 1.76 bits per heavy atom. The summed E-state index contributed by atoms with van der Waals surface area (Å²) in [4.78, 5) is 26.5. The molecule has 34 heavy (non-hydrogen) atoms. The largest absolute Gasteiger partial charge is 0.324 e. The first-order valence-corrected chi connectivity index (χ1v) is 12.8. The van der Waals surface area contributed by atoms with Crippen molar-refractivity contribution in [2.75, 3.05) is 11.1 Å². The van der Waals surface area contributed by atoms with E-state index in [4.69, 9.17) is 0 Å². The molecule has 3 aromatic carbocycles. The van der Waals surface area contributed by atoms with E-state index in [0.717, 1.165) is 41.1 Å².